The molecule has 3 N–H and O–H groups in total. The van der Waals surface area contributed by atoms with Gasteiger partial charge in [0.1, 0.15) is 0 Å². The highest BCUT2D eigenvalue weighted by Gasteiger charge is 2.47. The zero-order valence-electron chi connectivity index (χ0n) is 11.2. The molecule has 4 rings (SSSR count). The lowest BCUT2D eigenvalue weighted by molar-refractivity contribution is -0.118. The largest absolute Gasteiger partial charge is 0.370 e. The monoisotopic (exact) mass is 250 g/mol. The summed E-state index contributed by atoms with van der Waals surface area (Å²) in [7, 11) is 0. The van der Waals surface area contributed by atoms with Crippen LogP contribution in [0.2, 0.25) is 0 Å². The fourth-order valence-corrected chi connectivity index (χ4v) is 4.95. The first-order valence-electron chi connectivity index (χ1n) is 7.74. The van der Waals surface area contributed by atoms with E-state index in [2.05, 4.69) is 5.32 Å². The first-order chi connectivity index (χ1) is 8.72. The maximum Gasteiger partial charge on any atom is 0.217 e. The number of rotatable bonds is 6. The van der Waals surface area contributed by atoms with Gasteiger partial charge in [-0.05, 0) is 75.2 Å². The Kier molecular flexibility index (Phi) is 3.60. The molecule has 0 heterocycles. The van der Waals surface area contributed by atoms with Gasteiger partial charge in [0, 0.05) is 12.5 Å². The molecule has 18 heavy (non-hydrogen) atoms. The molecule has 0 aromatic heterocycles. The fraction of sp³-hybridized carbons (Fsp3) is 0.933. The summed E-state index contributed by atoms with van der Waals surface area (Å²) in [6.07, 6.45) is 10.0. The highest BCUT2D eigenvalue weighted by Crippen LogP contribution is 2.53. The quantitative estimate of drug-likeness (QED) is 0.709. The van der Waals surface area contributed by atoms with Crippen LogP contribution in [0.5, 0.6) is 0 Å². The normalized spacial score (nSPS) is 41.2. The molecule has 4 aliphatic carbocycles. The van der Waals surface area contributed by atoms with Crippen molar-refractivity contribution in [2.24, 2.45) is 29.4 Å². The molecule has 0 unspecified atom stereocenters. The fourth-order valence-electron chi connectivity index (χ4n) is 4.95. The Morgan fingerprint density at radius 3 is 2.17 bits per heavy atom. The molecular weight excluding hydrogens is 224 g/mol. The van der Waals surface area contributed by atoms with Crippen LogP contribution in [-0.2, 0) is 4.79 Å². The van der Waals surface area contributed by atoms with Crippen LogP contribution in [0.3, 0.4) is 0 Å². The molecule has 3 nitrogen and oxygen atoms in total. The molecule has 4 fully saturated rings. The molecule has 0 radical (unpaired) electrons. The van der Waals surface area contributed by atoms with E-state index in [9.17, 15) is 4.79 Å². The van der Waals surface area contributed by atoms with Gasteiger partial charge >= 0.3 is 0 Å². The molecular formula is C15H26N2O. The minimum Gasteiger partial charge on any atom is -0.370 e. The number of nitrogens with two attached hydrogens (primary N) is 1. The summed E-state index contributed by atoms with van der Waals surface area (Å²) in [6.45, 7) is 1.07. The van der Waals surface area contributed by atoms with Crippen LogP contribution in [-0.4, -0.2) is 18.5 Å². The van der Waals surface area contributed by atoms with Crippen molar-refractivity contribution >= 4 is 5.91 Å². The third kappa shape index (κ3) is 2.56. The van der Waals surface area contributed by atoms with Crippen molar-refractivity contribution in [3.63, 3.8) is 0 Å². The van der Waals surface area contributed by atoms with Crippen LogP contribution < -0.4 is 11.1 Å². The van der Waals surface area contributed by atoms with Gasteiger partial charge in [-0.1, -0.05) is 0 Å². The van der Waals surface area contributed by atoms with E-state index in [1.807, 2.05) is 0 Å². The number of carbonyl (C=O) groups excluding carboxylic acids is 1. The van der Waals surface area contributed by atoms with Crippen molar-refractivity contribution in [1.82, 2.24) is 5.32 Å². The number of unbranched alkanes of at least 4 members (excludes halogenated alkanes) is 1. The third-order valence-electron chi connectivity index (χ3n) is 5.46. The summed E-state index contributed by atoms with van der Waals surface area (Å²) in [4.78, 5) is 10.7. The van der Waals surface area contributed by atoms with E-state index >= 15 is 0 Å². The van der Waals surface area contributed by atoms with E-state index in [1.165, 1.54) is 32.1 Å². The summed E-state index contributed by atoms with van der Waals surface area (Å²) in [5.74, 6) is 3.86. The van der Waals surface area contributed by atoms with Crippen molar-refractivity contribution in [2.75, 3.05) is 6.54 Å². The number of hydrogen-bond acceptors (Lipinski definition) is 2. The Balaban J connectivity index is 1.42. The maximum absolute atomic E-state index is 10.7. The van der Waals surface area contributed by atoms with Gasteiger partial charge in [-0.25, -0.2) is 0 Å². The van der Waals surface area contributed by atoms with Crippen molar-refractivity contribution in [2.45, 2.75) is 57.4 Å². The van der Waals surface area contributed by atoms with Gasteiger partial charge in [0.2, 0.25) is 5.91 Å². The second-order valence-corrected chi connectivity index (χ2v) is 6.83. The molecule has 4 saturated carbocycles. The minimum absolute atomic E-state index is 0.162. The van der Waals surface area contributed by atoms with Crippen LogP contribution in [0.4, 0.5) is 0 Å². The molecule has 3 heteroatoms. The number of carbonyl (C=O) groups is 1. The van der Waals surface area contributed by atoms with E-state index in [-0.39, 0.29) is 5.91 Å². The Hall–Kier alpha value is -0.570. The predicted octanol–water partition coefficient (Wildman–Crippen LogP) is 2.06. The lowest BCUT2D eigenvalue weighted by Gasteiger charge is -2.54. The van der Waals surface area contributed by atoms with Gasteiger partial charge in [0.05, 0.1) is 0 Å². The van der Waals surface area contributed by atoms with E-state index in [1.54, 1.807) is 0 Å². The number of amides is 1. The summed E-state index contributed by atoms with van der Waals surface area (Å²) >= 11 is 0. The summed E-state index contributed by atoms with van der Waals surface area (Å²) in [5.41, 5.74) is 5.15. The number of hydrogen-bond donors (Lipinski definition) is 2. The topological polar surface area (TPSA) is 55.1 Å². The highest BCUT2D eigenvalue weighted by atomic mass is 16.1. The zero-order valence-corrected chi connectivity index (χ0v) is 11.2. The SMILES string of the molecule is NC(=O)CCCCNC1C2CC3CC(C2)CC1C3. The van der Waals surface area contributed by atoms with Crippen molar-refractivity contribution in [1.29, 1.82) is 0 Å². The lowest BCUT2D eigenvalue weighted by Crippen LogP contribution is -2.54. The second kappa shape index (κ2) is 5.20. The van der Waals surface area contributed by atoms with E-state index < -0.39 is 0 Å². The van der Waals surface area contributed by atoms with Crippen molar-refractivity contribution in [3.05, 3.63) is 0 Å². The molecule has 0 saturated heterocycles. The van der Waals surface area contributed by atoms with E-state index in [4.69, 9.17) is 5.73 Å². The lowest BCUT2D eigenvalue weighted by atomic mass is 9.54. The van der Waals surface area contributed by atoms with Gasteiger partial charge in [0.25, 0.3) is 0 Å². The second-order valence-electron chi connectivity index (χ2n) is 6.83. The average Bonchev–Trinajstić information content (AvgIpc) is 2.30. The predicted molar refractivity (Wildman–Crippen MR) is 71.9 cm³/mol. The average molecular weight is 250 g/mol. The molecule has 0 aromatic carbocycles. The molecule has 1 amide bonds. The molecule has 0 spiro atoms. The van der Waals surface area contributed by atoms with Crippen molar-refractivity contribution in [3.8, 4) is 0 Å². The Morgan fingerprint density at radius 1 is 1.00 bits per heavy atom. The van der Waals surface area contributed by atoms with Gasteiger partial charge in [-0.15, -0.1) is 0 Å². The summed E-state index contributed by atoms with van der Waals surface area (Å²) in [6, 6.07) is 0.784. The molecule has 0 atom stereocenters. The first kappa shape index (κ1) is 12.5. The van der Waals surface area contributed by atoms with Crippen LogP contribution in [0.15, 0.2) is 0 Å². The van der Waals surface area contributed by atoms with E-state index in [0.717, 1.165) is 49.1 Å². The molecule has 0 aliphatic heterocycles. The third-order valence-corrected chi connectivity index (χ3v) is 5.46. The van der Waals surface area contributed by atoms with Gasteiger partial charge in [0.15, 0.2) is 0 Å². The molecule has 4 aliphatic rings. The van der Waals surface area contributed by atoms with Gasteiger partial charge in [-0.3, -0.25) is 4.79 Å². The highest BCUT2D eigenvalue weighted by molar-refractivity contribution is 5.73. The smallest absolute Gasteiger partial charge is 0.217 e. The number of nitrogens with one attached hydrogen (secondary N) is 1. The van der Waals surface area contributed by atoms with Crippen LogP contribution in [0.1, 0.15) is 51.4 Å². The Labute approximate surface area is 110 Å². The zero-order chi connectivity index (χ0) is 12.5. The Morgan fingerprint density at radius 2 is 1.61 bits per heavy atom. The van der Waals surface area contributed by atoms with Gasteiger partial charge < -0.3 is 11.1 Å². The van der Waals surface area contributed by atoms with Crippen LogP contribution in [0.25, 0.3) is 0 Å². The van der Waals surface area contributed by atoms with Crippen LogP contribution in [0, 0.1) is 23.7 Å². The van der Waals surface area contributed by atoms with Crippen LogP contribution >= 0.6 is 0 Å². The number of primary amides is 1. The molecule has 4 bridgehead atoms. The minimum atomic E-state index is -0.162. The molecule has 102 valence electrons. The maximum atomic E-state index is 10.7. The standard InChI is InChI=1S/C15H26N2O/c16-14(18)3-1-2-4-17-15-12-6-10-5-11(8-12)9-13(15)7-10/h10-13,15,17H,1-9H2,(H2,16,18). The van der Waals surface area contributed by atoms with E-state index in [0.29, 0.717) is 6.42 Å². The molecule has 0 aromatic rings. The van der Waals surface area contributed by atoms with Crippen molar-refractivity contribution < 1.29 is 4.79 Å². The van der Waals surface area contributed by atoms with Gasteiger partial charge in [-0.2, -0.15) is 0 Å². The Bertz CT molecular complexity index is 288. The summed E-state index contributed by atoms with van der Waals surface area (Å²) < 4.78 is 0. The summed E-state index contributed by atoms with van der Waals surface area (Å²) in [5, 5.41) is 3.79. The first-order valence-corrected chi connectivity index (χ1v) is 7.74.